The molecule has 0 amide bonds. The number of benzene rings is 6. The zero-order chi connectivity index (χ0) is 38.1. The fraction of sp³-hybridized carbons (Fsp3) is 0.137. The number of rotatable bonds is 7. The Morgan fingerprint density at radius 2 is 1.12 bits per heavy atom. The summed E-state index contributed by atoms with van der Waals surface area (Å²) >= 11 is 0. The zero-order valence-electron chi connectivity index (χ0n) is 32.4. The molecule has 10 rings (SSSR count). The molecule has 0 bridgehead atoms. The van der Waals surface area contributed by atoms with E-state index in [1.807, 2.05) is 6.20 Å². The predicted molar refractivity (Wildman–Crippen MR) is 235 cm³/mol. The molecule has 0 aliphatic rings. The van der Waals surface area contributed by atoms with Crippen molar-refractivity contribution in [2.45, 2.75) is 46.5 Å². The number of nitrogens with zero attached hydrogens (tertiary/aromatic N) is 5. The number of aromatic nitrogens is 4. The fourth-order valence-electron chi connectivity index (χ4n) is 8.81. The Labute approximate surface area is 327 Å². The molecule has 0 fully saturated rings. The van der Waals surface area contributed by atoms with Crippen LogP contribution in [0.5, 0.6) is 0 Å². The highest BCUT2D eigenvalue weighted by Crippen LogP contribution is 2.43. The van der Waals surface area contributed by atoms with Crippen LogP contribution in [0.3, 0.4) is 0 Å². The molecule has 0 atom stereocenters. The van der Waals surface area contributed by atoms with E-state index >= 15 is 0 Å². The first-order chi connectivity index (χ1) is 27.4. The first kappa shape index (κ1) is 33.8. The highest BCUT2D eigenvalue weighted by Gasteiger charge is 2.23. The Kier molecular flexibility index (Phi) is 8.00. The van der Waals surface area contributed by atoms with Crippen LogP contribution in [0.15, 0.2) is 158 Å². The van der Waals surface area contributed by atoms with Crippen molar-refractivity contribution in [3.63, 3.8) is 0 Å². The van der Waals surface area contributed by atoms with E-state index in [1.54, 1.807) is 0 Å². The molecule has 272 valence electrons. The molecule has 56 heavy (non-hydrogen) atoms. The van der Waals surface area contributed by atoms with E-state index in [2.05, 4.69) is 200 Å². The average Bonchev–Trinajstić information content (AvgIpc) is 3.81. The van der Waals surface area contributed by atoms with Gasteiger partial charge in [-0.25, -0.2) is 9.97 Å². The molecule has 0 N–H and O–H groups in total. The second-order valence-corrected chi connectivity index (χ2v) is 15.6. The normalized spacial score (nSPS) is 12.0. The van der Waals surface area contributed by atoms with Gasteiger partial charge in [0.2, 0.25) is 0 Å². The lowest BCUT2D eigenvalue weighted by atomic mass is 9.87. The molecule has 0 aliphatic carbocycles. The molecule has 5 heteroatoms. The SMILES string of the molecule is Cc1ccnc(-n2c3ccccc3c3ccc(N(c4ccccc4)c4ccc5c6ccccc6n6c(-c7c(C(C)C)cccc7C(C)C)cnc6c5c4)cc32)c1. The number of hydrogen-bond donors (Lipinski definition) is 0. The smallest absolute Gasteiger partial charge is 0.145 e. The molecule has 0 radical (unpaired) electrons. The quantitative estimate of drug-likeness (QED) is 0.154. The number of aryl methyl sites for hydroxylation is 1. The van der Waals surface area contributed by atoms with Crippen LogP contribution in [0.2, 0.25) is 0 Å². The third kappa shape index (κ3) is 5.30. The summed E-state index contributed by atoms with van der Waals surface area (Å²) < 4.78 is 4.70. The Bertz CT molecular complexity index is 3090. The molecular formula is C51H43N5. The predicted octanol–water partition coefficient (Wildman–Crippen LogP) is 13.8. The topological polar surface area (TPSA) is 38.4 Å². The highest BCUT2D eigenvalue weighted by atomic mass is 15.1. The standard InChI is InChI=1S/C51H43N5/c1-32(2)38-18-13-19-39(33(3)4)50(38)48-31-53-51-44-29-36(22-24-40(44)41-16-9-12-21-46(41)56(48)51)54(35-14-7-6-8-15-35)37-23-25-43-42-17-10-11-20-45(42)55(47(43)30-37)49-28-34(5)26-27-52-49/h6-33H,1-5H3. The molecular weight excluding hydrogens is 683 g/mol. The second-order valence-electron chi connectivity index (χ2n) is 15.6. The fourth-order valence-corrected chi connectivity index (χ4v) is 8.81. The lowest BCUT2D eigenvalue weighted by Crippen LogP contribution is -2.10. The number of imidazole rings is 1. The first-order valence-electron chi connectivity index (χ1n) is 19.6. The molecule has 0 saturated carbocycles. The lowest BCUT2D eigenvalue weighted by molar-refractivity contribution is 0.836. The molecule has 4 aromatic heterocycles. The largest absolute Gasteiger partial charge is 0.310 e. The van der Waals surface area contributed by atoms with Gasteiger partial charge in [-0.2, -0.15) is 0 Å². The summed E-state index contributed by atoms with van der Waals surface area (Å²) in [6.07, 6.45) is 4.00. The molecule has 0 spiro atoms. The molecule has 4 heterocycles. The molecule has 0 saturated heterocycles. The van der Waals surface area contributed by atoms with Gasteiger partial charge in [0, 0.05) is 50.4 Å². The number of para-hydroxylation sites is 3. The molecule has 5 nitrogen and oxygen atoms in total. The van der Waals surface area contributed by atoms with Gasteiger partial charge in [-0.3, -0.25) is 8.97 Å². The summed E-state index contributed by atoms with van der Waals surface area (Å²) in [6.45, 7) is 11.3. The van der Waals surface area contributed by atoms with E-state index in [-0.39, 0.29) is 0 Å². The van der Waals surface area contributed by atoms with Crippen molar-refractivity contribution in [3.05, 3.63) is 175 Å². The van der Waals surface area contributed by atoms with Crippen LogP contribution in [0.25, 0.3) is 66.2 Å². The summed E-state index contributed by atoms with van der Waals surface area (Å²) in [7, 11) is 0. The zero-order valence-corrected chi connectivity index (χ0v) is 32.4. The summed E-state index contributed by atoms with van der Waals surface area (Å²) in [5, 5.41) is 5.90. The second kappa shape index (κ2) is 13.2. The van der Waals surface area contributed by atoms with Gasteiger partial charge in [0.05, 0.1) is 28.4 Å². The van der Waals surface area contributed by atoms with Gasteiger partial charge in [-0.1, -0.05) is 113 Å². The number of hydrogen-bond acceptors (Lipinski definition) is 3. The van der Waals surface area contributed by atoms with Gasteiger partial charge in [0.1, 0.15) is 11.5 Å². The van der Waals surface area contributed by atoms with Crippen LogP contribution in [0.1, 0.15) is 56.2 Å². The Morgan fingerprint density at radius 1 is 0.500 bits per heavy atom. The summed E-state index contributed by atoms with van der Waals surface area (Å²) in [4.78, 5) is 12.5. The third-order valence-corrected chi connectivity index (χ3v) is 11.4. The average molecular weight is 726 g/mol. The summed E-state index contributed by atoms with van der Waals surface area (Å²) in [5.74, 6) is 1.64. The highest BCUT2D eigenvalue weighted by molar-refractivity contribution is 6.14. The van der Waals surface area contributed by atoms with Gasteiger partial charge in [-0.05, 0) is 101 Å². The first-order valence-corrected chi connectivity index (χ1v) is 19.6. The van der Waals surface area contributed by atoms with Gasteiger partial charge >= 0.3 is 0 Å². The monoisotopic (exact) mass is 725 g/mol. The van der Waals surface area contributed by atoms with E-state index in [1.165, 1.54) is 43.8 Å². The van der Waals surface area contributed by atoms with Crippen LogP contribution >= 0.6 is 0 Å². The Balaban J connectivity index is 1.24. The van der Waals surface area contributed by atoms with Crippen LogP contribution in [-0.4, -0.2) is 18.9 Å². The van der Waals surface area contributed by atoms with E-state index < -0.39 is 0 Å². The van der Waals surface area contributed by atoms with Crippen molar-refractivity contribution in [3.8, 4) is 17.1 Å². The summed E-state index contributed by atoms with van der Waals surface area (Å²) in [5.41, 5.74) is 13.9. The molecule has 0 aliphatic heterocycles. The molecule has 6 aromatic carbocycles. The van der Waals surface area contributed by atoms with E-state index in [0.717, 1.165) is 56.2 Å². The summed E-state index contributed by atoms with van der Waals surface area (Å²) in [6, 6.07) is 52.8. The van der Waals surface area contributed by atoms with Crippen LogP contribution < -0.4 is 4.90 Å². The number of fused-ring (bicyclic) bond motifs is 9. The minimum Gasteiger partial charge on any atom is -0.310 e. The van der Waals surface area contributed by atoms with Crippen LogP contribution in [-0.2, 0) is 0 Å². The molecule has 10 aromatic rings. The van der Waals surface area contributed by atoms with Gasteiger partial charge in [0.25, 0.3) is 0 Å². The maximum absolute atomic E-state index is 5.27. The number of pyridine rings is 2. The molecule has 0 unspecified atom stereocenters. The van der Waals surface area contributed by atoms with Crippen molar-refractivity contribution in [1.29, 1.82) is 0 Å². The van der Waals surface area contributed by atoms with Crippen molar-refractivity contribution in [2.75, 3.05) is 4.90 Å². The van der Waals surface area contributed by atoms with Gasteiger partial charge < -0.3 is 4.90 Å². The maximum Gasteiger partial charge on any atom is 0.145 e. The van der Waals surface area contributed by atoms with Gasteiger partial charge in [0.15, 0.2) is 0 Å². The third-order valence-electron chi connectivity index (χ3n) is 11.4. The van der Waals surface area contributed by atoms with Crippen LogP contribution in [0.4, 0.5) is 17.1 Å². The van der Waals surface area contributed by atoms with E-state index in [4.69, 9.17) is 9.97 Å². The minimum atomic E-state index is 0.365. The van der Waals surface area contributed by atoms with Crippen LogP contribution in [0, 0.1) is 6.92 Å². The minimum absolute atomic E-state index is 0.365. The van der Waals surface area contributed by atoms with Crippen molar-refractivity contribution >= 4 is 66.2 Å². The van der Waals surface area contributed by atoms with Crippen molar-refractivity contribution in [2.24, 2.45) is 0 Å². The Hall–Kier alpha value is -6.72. The lowest BCUT2D eigenvalue weighted by Gasteiger charge is -2.26. The van der Waals surface area contributed by atoms with Gasteiger partial charge in [-0.15, -0.1) is 0 Å². The Morgan fingerprint density at radius 3 is 1.84 bits per heavy atom. The van der Waals surface area contributed by atoms with E-state index in [9.17, 15) is 0 Å². The van der Waals surface area contributed by atoms with Crippen molar-refractivity contribution < 1.29 is 0 Å². The van der Waals surface area contributed by atoms with E-state index in [0.29, 0.717) is 11.8 Å². The number of anilines is 3. The van der Waals surface area contributed by atoms with Crippen molar-refractivity contribution in [1.82, 2.24) is 18.9 Å². The maximum atomic E-state index is 5.27.